The summed E-state index contributed by atoms with van der Waals surface area (Å²) >= 11 is 0. The van der Waals surface area contributed by atoms with Gasteiger partial charge in [0.1, 0.15) is 5.82 Å². The van der Waals surface area contributed by atoms with Crippen molar-refractivity contribution in [3.8, 4) is 0 Å². The second kappa shape index (κ2) is 3.67. The molecule has 0 radical (unpaired) electrons. The summed E-state index contributed by atoms with van der Waals surface area (Å²) in [4.78, 5) is 0. The highest BCUT2D eigenvalue weighted by Gasteiger charge is 2.37. The van der Waals surface area contributed by atoms with Crippen LogP contribution in [0.5, 0.6) is 0 Å². The molecule has 3 N–H and O–H groups in total. The van der Waals surface area contributed by atoms with E-state index in [1.54, 1.807) is 12.1 Å². The Hall–Kier alpha value is -0.930. The van der Waals surface area contributed by atoms with E-state index < -0.39 is 0 Å². The molecule has 1 saturated heterocycles. The standard InChI is InChI=1S/C11H15FN2/c12-10-3-1-2-9(8-10)11(4-6-13)5-7-14-11/h1-3,8,14H,4-7,13H2. The van der Waals surface area contributed by atoms with Crippen LogP contribution in [0.15, 0.2) is 24.3 Å². The fourth-order valence-corrected chi connectivity index (χ4v) is 2.06. The molecule has 0 amide bonds. The molecule has 0 aliphatic carbocycles. The van der Waals surface area contributed by atoms with Crippen LogP contribution >= 0.6 is 0 Å². The lowest BCUT2D eigenvalue weighted by atomic mass is 9.78. The Bertz CT molecular complexity index is 321. The number of hydrogen-bond acceptors (Lipinski definition) is 2. The Morgan fingerprint density at radius 3 is 2.79 bits per heavy atom. The zero-order valence-electron chi connectivity index (χ0n) is 8.09. The van der Waals surface area contributed by atoms with E-state index in [0.717, 1.165) is 24.9 Å². The molecule has 1 aromatic rings. The quantitative estimate of drug-likeness (QED) is 0.762. The minimum absolute atomic E-state index is 0.0587. The number of nitrogens with one attached hydrogen (secondary N) is 1. The summed E-state index contributed by atoms with van der Waals surface area (Å²) in [6, 6.07) is 6.79. The van der Waals surface area contributed by atoms with Gasteiger partial charge < -0.3 is 11.1 Å². The smallest absolute Gasteiger partial charge is 0.123 e. The van der Waals surface area contributed by atoms with Crippen molar-refractivity contribution in [2.24, 2.45) is 5.73 Å². The average molecular weight is 194 g/mol. The number of benzene rings is 1. The molecule has 0 spiro atoms. The second-order valence-electron chi connectivity index (χ2n) is 3.81. The molecule has 3 heteroatoms. The van der Waals surface area contributed by atoms with Crippen LogP contribution in [0.4, 0.5) is 4.39 Å². The SMILES string of the molecule is NCCC1(c2cccc(F)c2)CCN1. The predicted molar refractivity (Wildman–Crippen MR) is 54.4 cm³/mol. The second-order valence-corrected chi connectivity index (χ2v) is 3.81. The van der Waals surface area contributed by atoms with Gasteiger partial charge in [0.2, 0.25) is 0 Å². The first-order valence-corrected chi connectivity index (χ1v) is 4.98. The zero-order chi connectivity index (χ0) is 10.0. The fraction of sp³-hybridized carbons (Fsp3) is 0.455. The maximum atomic E-state index is 13.0. The predicted octanol–water partition coefficient (Wildman–Crippen LogP) is 1.36. The van der Waals surface area contributed by atoms with Crippen molar-refractivity contribution in [3.63, 3.8) is 0 Å². The van der Waals surface area contributed by atoms with E-state index in [1.165, 1.54) is 6.07 Å². The molecule has 76 valence electrons. The largest absolute Gasteiger partial charge is 0.330 e. The summed E-state index contributed by atoms with van der Waals surface area (Å²) in [6.45, 7) is 1.63. The molecule has 1 fully saturated rings. The topological polar surface area (TPSA) is 38.0 Å². The first-order valence-electron chi connectivity index (χ1n) is 4.98. The van der Waals surface area contributed by atoms with E-state index in [-0.39, 0.29) is 11.4 Å². The van der Waals surface area contributed by atoms with Crippen molar-refractivity contribution < 1.29 is 4.39 Å². The Morgan fingerprint density at radius 2 is 2.29 bits per heavy atom. The number of halogens is 1. The highest BCUT2D eigenvalue weighted by Crippen LogP contribution is 2.34. The summed E-state index contributed by atoms with van der Waals surface area (Å²) in [5, 5.41) is 3.36. The summed E-state index contributed by atoms with van der Waals surface area (Å²) < 4.78 is 13.0. The van der Waals surface area contributed by atoms with E-state index in [4.69, 9.17) is 5.73 Å². The fourth-order valence-electron chi connectivity index (χ4n) is 2.06. The maximum absolute atomic E-state index is 13.0. The first-order chi connectivity index (χ1) is 6.77. The monoisotopic (exact) mass is 194 g/mol. The molecule has 2 nitrogen and oxygen atoms in total. The molecule has 1 aromatic carbocycles. The van der Waals surface area contributed by atoms with E-state index in [1.807, 2.05) is 6.07 Å². The number of nitrogens with two attached hydrogens (primary N) is 1. The molecule has 1 aliphatic heterocycles. The highest BCUT2D eigenvalue weighted by molar-refractivity contribution is 5.27. The summed E-state index contributed by atoms with van der Waals surface area (Å²) in [5.74, 6) is -0.174. The molecule has 2 rings (SSSR count). The molecule has 0 aromatic heterocycles. The molecule has 0 bridgehead atoms. The third-order valence-corrected chi connectivity index (χ3v) is 2.96. The first kappa shape index (κ1) is 9.62. The minimum atomic E-state index is -0.174. The van der Waals surface area contributed by atoms with Crippen LogP contribution in [0.3, 0.4) is 0 Å². The molecule has 1 unspecified atom stereocenters. The molecule has 1 atom stereocenters. The lowest BCUT2D eigenvalue weighted by Crippen LogP contribution is -2.55. The van der Waals surface area contributed by atoms with Crippen LogP contribution in [-0.2, 0) is 5.54 Å². The zero-order valence-corrected chi connectivity index (χ0v) is 8.09. The average Bonchev–Trinajstić information content (AvgIpc) is 2.11. The van der Waals surface area contributed by atoms with E-state index in [9.17, 15) is 4.39 Å². The van der Waals surface area contributed by atoms with Crippen molar-refractivity contribution in [2.75, 3.05) is 13.1 Å². The lowest BCUT2D eigenvalue weighted by Gasteiger charge is -2.44. The van der Waals surface area contributed by atoms with Crippen molar-refractivity contribution in [1.29, 1.82) is 0 Å². The van der Waals surface area contributed by atoms with Crippen LogP contribution in [0, 0.1) is 5.82 Å². The summed E-state index contributed by atoms with van der Waals surface area (Å²) in [6.07, 6.45) is 1.92. The maximum Gasteiger partial charge on any atom is 0.123 e. The van der Waals surface area contributed by atoms with Gasteiger partial charge in [0, 0.05) is 5.54 Å². The van der Waals surface area contributed by atoms with Gasteiger partial charge in [-0.15, -0.1) is 0 Å². The Morgan fingerprint density at radius 1 is 1.50 bits per heavy atom. The van der Waals surface area contributed by atoms with Gasteiger partial charge in [-0.25, -0.2) is 4.39 Å². The van der Waals surface area contributed by atoms with Crippen LogP contribution in [0.2, 0.25) is 0 Å². The van der Waals surface area contributed by atoms with Crippen molar-refractivity contribution in [2.45, 2.75) is 18.4 Å². The van der Waals surface area contributed by atoms with Gasteiger partial charge >= 0.3 is 0 Å². The molecule has 0 saturated carbocycles. The number of rotatable bonds is 3. The van der Waals surface area contributed by atoms with Gasteiger partial charge in [-0.3, -0.25) is 0 Å². The minimum Gasteiger partial charge on any atom is -0.330 e. The van der Waals surface area contributed by atoms with Crippen molar-refractivity contribution in [3.05, 3.63) is 35.6 Å². The van der Waals surface area contributed by atoms with Crippen LogP contribution in [0.25, 0.3) is 0 Å². The van der Waals surface area contributed by atoms with Gasteiger partial charge in [-0.1, -0.05) is 12.1 Å². The van der Waals surface area contributed by atoms with Crippen molar-refractivity contribution >= 4 is 0 Å². The van der Waals surface area contributed by atoms with Gasteiger partial charge in [0.25, 0.3) is 0 Å². The summed E-state index contributed by atoms with van der Waals surface area (Å²) in [5.41, 5.74) is 6.53. The Kier molecular flexibility index (Phi) is 2.52. The van der Waals surface area contributed by atoms with Crippen LogP contribution in [0.1, 0.15) is 18.4 Å². The molecular weight excluding hydrogens is 179 g/mol. The Balaban J connectivity index is 2.27. The highest BCUT2D eigenvalue weighted by atomic mass is 19.1. The van der Waals surface area contributed by atoms with E-state index >= 15 is 0 Å². The molecular formula is C11H15FN2. The van der Waals surface area contributed by atoms with E-state index in [2.05, 4.69) is 5.32 Å². The summed E-state index contributed by atoms with van der Waals surface area (Å²) in [7, 11) is 0. The van der Waals surface area contributed by atoms with Gasteiger partial charge in [0.15, 0.2) is 0 Å². The van der Waals surface area contributed by atoms with Crippen LogP contribution in [-0.4, -0.2) is 13.1 Å². The van der Waals surface area contributed by atoms with Gasteiger partial charge in [0.05, 0.1) is 0 Å². The normalized spacial score (nSPS) is 25.9. The van der Waals surface area contributed by atoms with Gasteiger partial charge in [-0.05, 0) is 43.6 Å². The molecule has 1 aliphatic rings. The van der Waals surface area contributed by atoms with Crippen LogP contribution < -0.4 is 11.1 Å². The van der Waals surface area contributed by atoms with E-state index in [0.29, 0.717) is 6.54 Å². The third kappa shape index (κ3) is 1.53. The molecule has 1 heterocycles. The molecule has 14 heavy (non-hydrogen) atoms. The Labute approximate surface area is 83.3 Å². The third-order valence-electron chi connectivity index (χ3n) is 2.96. The number of hydrogen-bond donors (Lipinski definition) is 2. The van der Waals surface area contributed by atoms with Crippen molar-refractivity contribution in [1.82, 2.24) is 5.32 Å². The lowest BCUT2D eigenvalue weighted by molar-refractivity contribution is 0.196. The van der Waals surface area contributed by atoms with Gasteiger partial charge in [-0.2, -0.15) is 0 Å².